The van der Waals surface area contributed by atoms with E-state index in [-0.39, 0.29) is 11.3 Å². The number of benzene rings is 2. The van der Waals surface area contributed by atoms with Crippen molar-refractivity contribution in [2.45, 2.75) is 0 Å². The molecule has 2 rings (SSSR count). The summed E-state index contributed by atoms with van der Waals surface area (Å²) < 4.78 is 31.1. The van der Waals surface area contributed by atoms with Crippen LogP contribution >= 0.6 is 0 Å². The number of rotatable bonds is 3. The first-order valence-corrected chi connectivity index (χ1v) is 5.71. The van der Waals surface area contributed by atoms with Crippen LogP contribution < -0.4 is 15.8 Å². The van der Waals surface area contributed by atoms with Gasteiger partial charge in [0.25, 0.3) is 5.91 Å². The second-order valence-corrected chi connectivity index (χ2v) is 4.04. The van der Waals surface area contributed by atoms with Crippen molar-refractivity contribution < 1.29 is 18.3 Å². The first kappa shape index (κ1) is 13.8. The number of hydrogen-bond donors (Lipinski definition) is 2. The Morgan fingerprint density at radius 3 is 2.60 bits per heavy atom. The molecule has 0 heterocycles. The van der Waals surface area contributed by atoms with Crippen LogP contribution in [0, 0.1) is 11.6 Å². The minimum Gasteiger partial charge on any atom is -0.497 e. The summed E-state index contributed by atoms with van der Waals surface area (Å²) in [6, 6.07) is 8.16. The average Bonchev–Trinajstić information content (AvgIpc) is 2.43. The summed E-state index contributed by atoms with van der Waals surface area (Å²) in [5.41, 5.74) is 5.70. The highest BCUT2D eigenvalue weighted by atomic mass is 19.2. The van der Waals surface area contributed by atoms with E-state index >= 15 is 0 Å². The normalized spacial score (nSPS) is 10.2. The molecule has 0 saturated heterocycles. The summed E-state index contributed by atoms with van der Waals surface area (Å²) in [7, 11) is 1.49. The third kappa shape index (κ3) is 2.85. The van der Waals surface area contributed by atoms with Crippen LogP contribution in [-0.2, 0) is 0 Å². The molecule has 1 amide bonds. The van der Waals surface area contributed by atoms with Crippen molar-refractivity contribution in [2.24, 2.45) is 0 Å². The van der Waals surface area contributed by atoms with Gasteiger partial charge in [0, 0.05) is 23.5 Å². The number of methoxy groups -OCH3 is 1. The zero-order valence-electron chi connectivity index (χ0n) is 10.6. The zero-order valence-corrected chi connectivity index (χ0v) is 10.6. The maximum Gasteiger partial charge on any atom is 0.257 e. The van der Waals surface area contributed by atoms with Crippen molar-refractivity contribution in [3.05, 3.63) is 53.6 Å². The minimum absolute atomic E-state index is 0.133. The van der Waals surface area contributed by atoms with Crippen molar-refractivity contribution >= 4 is 17.3 Å². The average molecular weight is 278 g/mol. The Hall–Kier alpha value is -2.63. The Morgan fingerprint density at radius 1 is 1.20 bits per heavy atom. The number of carbonyl (C=O) groups is 1. The van der Waals surface area contributed by atoms with E-state index in [1.165, 1.54) is 7.11 Å². The number of halogens is 2. The van der Waals surface area contributed by atoms with E-state index in [1.54, 1.807) is 24.3 Å². The molecule has 20 heavy (non-hydrogen) atoms. The molecule has 3 N–H and O–H groups in total. The number of nitrogens with two attached hydrogens (primary N) is 1. The van der Waals surface area contributed by atoms with E-state index in [0.717, 1.165) is 12.1 Å². The molecule has 104 valence electrons. The minimum atomic E-state index is -1.13. The lowest BCUT2D eigenvalue weighted by molar-refractivity contribution is 0.102. The predicted molar refractivity (Wildman–Crippen MR) is 71.7 cm³/mol. The van der Waals surface area contributed by atoms with Gasteiger partial charge in [-0.15, -0.1) is 0 Å². The quantitative estimate of drug-likeness (QED) is 0.848. The van der Waals surface area contributed by atoms with Crippen molar-refractivity contribution in [2.75, 3.05) is 18.2 Å². The Bertz CT molecular complexity index is 660. The van der Waals surface area contributed by atoms with Crippen LogP contribution in [0.15, 0.2) is 36.4 Å². The molecule has 0 aromatic heterocycles. The summed E-state index contributed by atoms with van der Waals surface area (Å²) in [5.74, 6) is -2.30. The number of hydrogen-bond acceptors (Lipinski definition) is 3. The molecule has 0 aliphatic rings. The van der Waals surface area contributed by atoms with Gasteiger partial charge in [0.05, 0.1) is 12.7 Å². The third-order valence-electron chi connectivity index (χ3n) is 2.66. The smallest absolute Gasteiger partial charge is 0.257 e. The van der Waals surface area contributed by atoms with Crippen molar-refractivity contribution in [3.63, 3.8) is 0 Å². The van der Waals surface area contributed by atoms with Crippen LogP contribution in [-0.4, -0.2) is 13.0 Å². The summed E-state index contributed by atoms with van der Waals surface area (Å²) in [4.78, 5) is 12.0. The van der Waals surface area contributed by atoms with E-state index in [1.807, 2.05) is 0 Å². The molecule has 2 aromatic carbocycles. The van der Waals surface area contributed by atoms with Crippen molar-refractivity contribution in [3.8, 4) is 5.75 Å². The molecule has 0 atom stereocenters. The fourth-order valence-electron chi connectivity index (χ4n) is 1.66. The SMILES string of the molecule is COc1cccc(NC(=O)c2cc(F)c(F)cc2N)c1. The Morgan fingerprint density at radius 2 is 1.90 bits per heavy atom. The number of nitrogens with one attached hydrogen (secondary N) is 1. The van der Waals surface area contributed by atoms with Crippen molar-refractivity contribution in [1.29, 1.82) is 0 Å². The monoisotopic (exact) mass is 278 g/mol. The highest BCUT2D eigenvalue weighted by Gasteiger charge is 2.14. The Kier molecular flexibility index (Phi) is 3.84. The molecule has 4 nitrogen and oxygen atoms in total. The summed E-state index contributed by atoms with van der Waals surface area (Å²) >= 11 is 0. The second kappa shape index (κ2) is 5.56. The standard InChI is InChI=1S/C14H12F2N2O2/c1-20-9-4-2-3-8(5-9)18-14(19)10-6-11(15)12(16)7-13(10)17/h2-7H,17H2,1H3,(H,18,19). The van der Waals surface area contributed by atoms with Gasteiger partial charge in [-0.1, -0.05) is 6.07 Å². The van der Waals surface area contributed by atoms with Crippen molar-refractivity contribution in [1.82, 2.24) is 0 Å². The fourth-order valence-corrected chi connectivity index (χ4v) is 1.66. The van der Waals surface area contributed by atoms with Gasteiger partial charge in [-0.05, 0) is 18.2 Å². The molecule has 0 fully saturated rings. The fraction of sp³-hybridized carbons (Fsp3) is 0.0714. The van der Waals surface area contributed by atoms with E-state index in [0.29, 0.717) is 11.4 Å². The molecule has 0 radical (unpaired) electrons. The van der Waals surface area contributed by atoms with Crippen LogP contribution in [0.1, 0.15) is 10.4 Å². The van der Waals surface area contributed by atoms with Gasteiger partial charge in [-0.25, -0.2) is 8.78 Å². The highest BCUT2D eigenvalue weighted by Crippen LogP contribution is 2.21. The lowest BCUT2D eigenvalue weighted by Crippen LogP contribution is -2.15. The van der Waals surface area contributed by atoms with Crippen LogP contribution in [0.2, 0.25) is 0 Å². The van der Waals surface area contributed by atoms with Crippen LogP contribution in [0.4, 0.5) is 20.2 Å². The van der Waals surface area contributed by atoms with Crippen LogP contribution in [0.25, 0.3) is 0 Å². The molecule has 0 saturated carbocycles. The molecule has 0 aliphatic carbocycles. The van der Waals surface area contributed by atoms with Gasteiger partial charge < -0.3 is 15.8 Å². The predicted octanol–water partition coefficient (Wildman–Crippen LogP) is 2.81. The van der Waals surface area contributed by atoms with Gasteiger partial charge in [0.2, 0.25) is 0 Å². The van der Waals surface area contributed by atoms with Gasteiger partial charge >= 0.3 is 0 Å². The van der Waals surface area contributed by atoms with Gasteiger partial charge in [-0.3, -0.25) is 4.79 Å². The first-order chi connectivity index (χ1) is 9.51. The molecule has 6 heteroatoms. The first-order valence-electron chi connectivity index (χ1n) is 5.71. The van der Waals surface area contributed by atoms with E-state index in [9.17, 15) is 13.6 Å². The topological polar surface area (TPSA) is 64.3 Å². The largest absolute Gasteiger partial charge is 0.497 e. The molecule has 0 aliphatic heterocycles. The maximum atomic E-state index is 13.1. The third-order valence-corrected chi connectivity index (χ3v) is 2.66. The van der Waals surface area contributed by atoms with E-state index in [2.05, 4.69) is 5.32 Å². The van der Waals surface area contributed by atoms with Gasteiger partial charge in [0.1, 0.15) is 5.75 Å². The molecular formula is C14H12F2N2O2. The van der Waals surface area contributed by atoms with Crippen LogP contribution in [0.5, 0.6) is 5.75 Å². The lowest BCUT2D eigenvalue weighted by Gasteiger charge is -2.09. The summed E-state index contributed by atoms with van der Waals surface area (Å²) in [6.45, 7) is 0. The number of nitrogen functional groups attached to an aromatic ring is 1. The molecule has 0 spiro atoms. The molecule has 0 bridgehead atoms. The lowest BCUT2D eigenvalue weighted by atomic mass is 10.1. The highest BCUT2D eigenvalue weighted by molar-refractivity contribution is 6.07. The Balaban J connectivity index is 2.26. The second-order valence-electron chi connectivity index (χ2n) is 4.04. The summed E-state index contributed by atoms with van der Waals surface area (Å²) in [5, 5.41) is 2.53. The zero-order chi connectivity index (χ0) is 14.7. The molecule has 0 unspecified atom stereocenters. The Labute approximate surface area is 114 Å². The number of anilines is 2. The van der Waals surface area contributed by atoms with Gasteiger partial charge in [0.15, 0.2) is 11.6 Å². The molecular weight excluding hydrogens is 266 g/mol. The number of amides is 1. The number of ether oxygens (including phenoxy) is 1. The molecule has 2 aromatic rings. The van der Waals surface area contributed by atoms with Crippen LogP contribution in [0.3, 0.4) is 0 Å². The maximum absolute atomic E-state index is 13.1. The summed E-state index contributed by atoms with van der Waals surface area (Å²) in [6.07, 6.45) is 0. The number of carbonyl (C=O) groups excluding carboxylic acids is 1. The van der Waals surface area contributed by atoms with E-state index in [4.69, 9.17) is 10.5 Å². The van der Waals surface area contributed by atoms with E-state index < -0.39 is 17.5 Å². The van der Waals surface area contributed by atoms with Gasteiger partial charge in [-0.2, -0.15) is 0 Å².